The molecule has 3 aliphatic rings. The molecule has 2 saturated carbocycles. The monoisotopic (exact) mass is 268 g/mol. The van der Waals surface area contributed by atoms with Crippen molar-refractivity contribution in [3.8, 4) is 0 Å². The highest BCUT2D eigenvalue weighted by Crippen LogP contribution is 2.35. The fourth-order valence-electron chi connectivity index (χ4n) is 4.43. The van der Waals surface area contributed by atoms with E-state index >= 15 is 0 Å². The first-order valence-corrected chi connectivity index (χ1v) is 9.19. The summed E-state index contributed by atoms with van der Waals surface area (Å²) in [6.07, 6.45) is 13.7. The maximum Gasteiger partial charge on any atom is 0.0198 e. The van der Waals surface area contributed by atoms with Crippen molar-refractivity contribution >= 4 is 11.8 Å². The Bertz CT molecular complexity index is 265. The van der Waals surface area contributed by atoms with Crippen LogP contribution >= 0.6 is 11.8 Å². The van der Waals surface area contributed by atoms with Gasteiger partial charge in [0, 0.05) is 23.4 Å². The number of nitrogens with one attached hydrogen (secondary N) is 2. The Balaban J connectivity index is 1.57. The number of hydrogen-bond donors (Lipinski definition) is 2. The largest absolute Gasteiger partial charge is 0.314 e. The highest BCUT2D eigenvalue weighted by Gasteiger charge is 2.37. The molecule has 3 rings (SSSR count). The Morgan fingerprint density at radius 2 is 1.78 bits per heavy atom. The second kappa shape index (κ2) is 6.15. The Labute approximate surface area is 116 Å². The van der Waals surface area contributed by atoms with Crippen LogP contribution < -0.4 is 10.6 Å². The van der Waals surface area contributed by atoms with E-state index in [-0.39, 0.29) is 0 Å². The van der Waals surface area contributed by atoms with E-state index in [1.807, 2.05) is 0 Å². The van der Waals surface area contributed by atoms with Crippen LogP contribution in [0.3, 0.4) is 0 Å². The molecular weight excluding hydrogens is 240 g/mol. The number of hydrogen-bond acceptors (Lipinski definition) is 3. The molecule has 3 heteroatoms. The summed E-state index contributed by atoms with van der Waals surface area (Å²) in [6.45, 7) is 1.25. The minimum absolute atomic E-state index is 0.798. The molecule has 0 aromatic heterocycles. The van der Waals surface area contributed by atoms with Crippen LogP contribution in [0.2, 0.25) is 0 Å². The van der Waals surface area contributed by atoms with Crippen LogP contribution in [0.5, 0.6) is 0 Å². The van der Waals surface area contributed by atoms with Crippen molar-refractivity contribution in [2.45, 2.75) is 74.7 Å². The Hall–Kier alpha value is 0.270. The van der Waals surface area contributed by atoms with Gasteiger partial charge in [0.15, 0.2) is 0 Å². The molecule has 0 bridgehead atoms. The zero-order chi connectivity index (χ0) is 12.4. The highest BCUT2D eigenvalue weighted by molar-refractivity contribution is 7.99. The van der Waals surface area contributed by atoms with E-state index < -0.39 is 0 Å². The third-order valence-electron chi connectivity index (χ3n) is 5.37. The molecule has 2 aliphatic carbocycles. The molecule has 18 heavy (non-hydrogen) atoms. The van der Waals surface area contributed by atoms with Crippen molar-refractivity contribution < 1.29 is 0 Å². The third kappa shape index (κ3) is 2.73. The van der Waals surface area contributed by atoms with Crippen LogP contribution in [-0.4, -0.2) is 36.2 Å². The van der Waals surface area contributed by atoms with Gasteiger partial charge in [0.1, 0.15) is 0 Å². The molecule has 2 N–H and O–H groups in total. The smallest absolute Gasteiger partial charge is 0.0198 e. The SMILES string of the molecule is CSC1CCCC1NC1CCCC1C1CCCN1. The molecule has 0 aromatic rings. The summed E-state index contributed by atoms with van der Waals surface area (Å²) in [6, 6.07) is 2.42. The average Bonchev–Trinajstić information content (AvgIpc) is 3.09. The number of thioether (sulfide) groups is 1. The molecule has 0 aromatic carbocycles. The van der Waals surface area contributed by atoms with Crippen LogP contribution in [0, 0.1) is 5.92 Å². The van der Waals surface area contributed by atoms with Crippen LogP contribution in [0.1, 0.15) is 51.4 Å². The minimum atomic E-state index is 0.798. The van der Waals surface area contributed by atoms with Crippen molar-refractivity contribution in [2.24, 2.45) is 5.92 Å². The molecule has 3 fully saturated rings. The zero-order valence-electron chi connectivity index (χ0n) is 11.7. The average molecular weight is 268 g/mol. The predicted octanol–water partition coefficient (Wildman–Crippen LogP) is 2.78. The van der Waals surface area contributed by atoms with Gasteiger partial charge in [-0.05, 0) is 57.2 Å². The summed E-state index contributed by atoms with van der Waals surface area (Å²) in [5.41, 5.74) is 0. The van der Waals surface area contributed by atoms with Gasteiger partial charge < -0.3 is 10.6 Å². The first-order valence-electron chi connectivity index (χ1n) is 7.90. The van der Waals surface area contributed by atoms with E-state index in [1.54, 1.807) is 0 Å². The van der Waals surface area contributed by atoms with Crippen molar-refractivity contribution in [2.75, 3.05) is 12.8 Å². The van der Waals surface area contributed by atoms with Gasteiger partial charge >= 0.3 is 0 Å². The molecule has 104 valence electrons. The van der Waals surface area contributed by atoms with Gasteiger partial charge in [-0.1, -0.05) is 12.8 Å². The van der Waals surface area contributed by atoms with E-state index in [0.29, 0.717) is 0 Å². The summed E-state index contributed by atoms with van der Waals surface area (Å²) < 4.78 is 0. The van der Waals surface area contributed by atoms with Gasteiger partial charge in [0.25, 0.3) is 0 Å². The van der Waals surface area contributed by atoms with Crippen LogP contribution in [0.25, 0.3) is 0 Å². The minimum Gasteiger partial charge on any atom is -0.314 e. The van der Waals surface area contributed by atoms with Gasteiger partial charge in [-0.15, -0.1) is 0 Å². The Kier molecular flexibility index (Phi) is 4.53. The zero-order valence-corrected chi connectivity index (χ0v) is 12.5. The highest BCUT2D eigenvalue weighted by atomic mass is 32.2. The van der Waals surface area contributed by atoms with E-state index in [4.69, 9.17) is 0 Å². The molecule has 5 atom stereocenters. The quantitative estimate of drug-likeness (QED) is 0.820. The van der Waals surface area contributed by atoms with Crippen molar-refractivity contribution in [1.29, 1.82) is 0 Å². The summed E-state index contributed by atoms with van der Waals surface area (Å²) in [5.74, 6) is 0.913. The predicted molar refractivity (Wildman–Crippen MR) is 80.2 cm³/mol. The molecule has 2 nitrogen and oxygen atoms in total. The van der Waals surface area contributed by atoms with Crippen molar-refractivity contribution in [3.05, 3.63) is 0 Å². The van der Waals surface area contributed by atoms with Gasteiger partial charge in [-0.3, -0.25) is 0 Å². The maximum absolute atomic E-state index is 4.04. The Morgan fingerprint density at radius 1 is 0.944 bits per heavy atom. The second-order valence-corrected chi connectivity index (χ2v) is 7.46. The lowest BCUT2D eigenvalue weighted by atomic mass is 9.92. The normalized spacial score (nSPS) is 44.8. The summed E-state index contributed by atoms with van der Waals surface area (Å²) in [5, 5.41) is 8.66. The van der Waals surface area contributed by atoms with E-state index in [0.717, 1.165) is 29.3 Å². The van der Waals surface area contributed by atoms with Crippen molar-refractivity contribution in [3.63, 3.8) is 0 Å². The number of rotatable bonds is 4. The van der Waals surface area contributed by atoms with Crippen LogP contribution in [0.4, 0.5) is 0 Å². The first-order chi connectivity index (χ1) is 8.88. The van der Waals surface area contributed by atoms with Crippen molar-refractivity contribution in [1.82, 2.24) is 10.6 Å². The van der Waals surface area contributed by atoms with E-state index in [9.17, 15) is 0 Å². The molecule has 0 radical (unpaired) electrons. The van der Waals surface area contributed by atoms with Gasteiger partial charge in [-0.25, -0.2) is 0 Å². The Morgan fingerprint density at radius 3 is 2.56 bits per heavy atom. The van der Waals surface area contributed by atoms with Gasteiger partial charge in [-0.2, -0.15) is 11.8 Å². The lowest BCUT2D eigenvalue weighted by Crippen LogP contribution is -2.47. The van der Waals surface area contributed by atoms with Gasteiger partial charge in [0.05, 0.1) is 0 Å². The molecular formula is C15H28N2S. The third-order valence-corrected chi connectivity index (χ3v) is 6.54. The lowest BCUT2D eigenvalue weighted by molar-refractivity contribution is 0.299. The summed E-state index contributed by atoms with van der Waals surface area (Å²) in [4.78, 5) is 0. The second-order valence-electron chi connectivity index (χ2n) is 6.38. The van der Waals surface area contributed by atoms with E-state index in [2.05, 4.69) is 28.7 Å². The fraction of sp³-hybridized carbons (Fsp3) is 1.00. The molecule has 1 heterocycles. The molecule has 5 unspecified atom stereocenters. The first kappa shape index (κ1) is 13.3. The van der Waals surface area contributed by atoms with Gasteiger partial charge in [0.2, 0.25) is 0 Å². The van der Waals surface area contributed by atoms with Crippen LogP contribution in [0.15, 0.2) is 0 Å². The molecule has 0 amide bonds. The molecule has 1 saturated heterocycles. The maximum atomic E-state index is 4.04. The standard InChI is InChI=1S/C15H28N2S/c1-18-15-9-3-7-14(15)17-13-6-2-5-11(13)12-8-4-10-16-12/h11-17H,2-10H2,1H3. The van der Waals surface area contributed by atoms with Crippen LogP contribution in [-0.2, 0) is 0 Å². The molecule has 1 aliphatic heterocycles. The van der Waals surface area contributed by atoms with E-state index in [1.165, 1.54) is 57.9 Å². The molecule has 0 spiro atoms. The summed E-state index contributed by atoms with van der Waals surface area (Å²) >= 11 is 2.08. The topological polar surface area (TPSA) is 24.1 Å². The summed E-state index contributed by atoms with van der Waals surface area (Å²) in [7, 11) is 0. The fourth-order valence-corrected chi connectivity index (χ4v) is 5.37. The lowest BCUT2D eigenvalue weighted by Gasteiger charge is -2.31.